The van der Waals surface area contributed by atoms with Gasteiger partial charge in [-0.2, -0.15) is 0 Å². The van der Waals surface area contributed by atoms with Gasteiger partial charge in [0.1, 0.15) is 0 Å². The fraction of sp³-hybridized carbons (Fsp3) is 0.538. The number of hydrogen-bond acceptors (Lipinski definition) is 3. The van der Waals surface area contributed by atoms with Gasteiger partial charge < -0.3 is 11.1 Å². The smallest absolute Gasteiger partial charge is 0.0206 e. The van der Waals surface area contributed by atoms with Gasteiger partial charge in [0.05, 0.1) is 0 Å². The Hall–Kier alpha value is -0.510. The number of rotatable bonds is 6. The maximum absolute atomic E-state index is 5.67. The number of hydrogen-bond donors (Lipinski definition) is 2. The molecule has 0 saturated heterocycles. The molecule has 0 amide bonds. The molecule has 3 heteroatoms. The number of thioether (sulfide) groups is 1. The molecule has 1 aromatic rings. The van der Waals surface area contributed by atoms with E-state index in [1.165, 1.54) is 10.5 Å². The second-order valence-corrected chi connectivity index (χ2v) is 6.07. The molecule has 1 aromatic carbocycles. The Balaban J connectivity index is 2.39. The van der Waals surface area contributed by atoms with Crippen molar-refractivity contribution < 1.29 is 0 Å². The first-order chi connectivity index (χ1) is 7.58. The first-order valence-electron chi connectivity index (χ1n) is 5.80. The Bertz CT molecular complexity index is 293. The third-order valence-corrected chi connectivity index (χ3v) is 3.11. The molecule has 90 valence electrons. The van der Waals surface area contributed by atoms with Crippen LogP contribution in [0, 0.1) is 0 Å². The second-order valence-electron chi connectivity index (χ2n) is 4.42. The first kappa shape index (κ1) is 13.6. The molecular weight excluding hydrogens is 216 g/mol. The molecule has 2 nitrogen and oxygen atoms in total. The Morgan fingerprint density at radius 2 is 1.81 bits per heavy atom. The molecule has 0 aliphatic rings. The summed E-state index contributed by atoms with van der Waals surface area (Å²) in [7, 11) is 0. The van der Waals surface area contributed by atoms with E-state index in [1.54, 1.807) is 0 Å². The van der Waals surface area contributed by atoms with Gasteiger partial charge in [-0.1, -0.05) is 26.0 Å². The fourth-order valence-corrected chi connectivity index (χ4v) is 2.24. The van der Waals surface area contributed by atoms with Gasteiger partial charge in [0, 0.05) is 29.3 Å². The van der Waals surface area contributed by atoms with Crippen LogP contribution in [0.5, 0.6) is 0 Å². The number of nitrogens with one attached hydrogen (secondary N) is 1. The molecule has 0 radical (unpaired) electrons. The summed E-state index contributed by atoms with van der Waals surface area (Å²) < 4.78 is 0. The molecule has 1 rings (SSSR count). The lowest BCUT2D eigenvalue weighted by Crippen LogP contribution is -2.30. The van der Waals surface area contributed by atoms with E-state index < -0.39 is 0 Å². The van der Waals surface area contributed by atoms with Crippen LogP contribution in [0.15, 0.2) is 29.2 Å². The molecule has 0 bridgehead atoms. The first-order valence-corrected chi connectivity index (χ1v) is 6.68. The van der Waals surface area contributed by atoms with Crippen LogP contribution in [0.25, 0.3) is 0 Å². The minimum Gasteiger partial charge on any atom is -0.327 e. The topological polar surface area (TPSA) is 38.0 Å². The van der Waals surface area contributed by atoms with Crippen molar-refractivity contribution in [2.75, 3.05) is 6.54 Å². The van der Waals surface area contributed by atoms with Crippen molar-refractivity contribution >= 4 is 11.8 Å². The molecule has 0 spiro atoms. The maximum atomic E-state index is 5.67. The van der Waals surface area contributed by atoms with Crippen LogP contribution in [0.3, 0.4) is 0 Å². The van der Waals surface area contributed by atoms with Crippen LogP contribution >= 0.6 is 11.8 Å². The minimum absolute atomic E-state index is 0.218. The van der Waals surface area contributed by atoms with Crippen LogP contribution in [0.2, 0.25) is 0 Å². The average Bonchev–Trinajstić information content (AvgIpc) is 2.19. The average molecular weight is 238 g/mol. The van der Waals surface area contributed by atoms with Crippen LogP contribution in [-0.2, 0) is 6.54 Å². The molecule has 0 aliphatic carbocycles. The highest BCUT2D eigenvalue weighted by Crippen LogP contribution is 2.22. The van der Waals surface area contributed by atoms with Gasteiger partial charge in [-0.15, -0.1) is 11.8 Å². The molecule has 0 aliphatic heterocycles. The summed E-state index contributed by atoms with van der Waals surface area (Å²) in [6.45, 7) is 8.19. The van der Waals surface area contributed by atoms with Crippen LogP contribution < -0.4 is 11.1 Å². The van der Waals surface area contributed by atoms with E-state index in [1.807, 2.05) is 18.7 Å². The minimum atomic E-state index is 0.218. The van der Waals surface area contributed by atoms with Gasteiger partial charge in [0.25, 0.3) is 0 Å². The van der Waals surface area contributed by atoms with Crippen molar-refractivity contribution in [2.45, 2.75) is 43.5 Å². The van der Waals surface area contributed by atoms with E-state index in [2.05, 4.69) is 43.4 Å². The lowest BCUT2D eigenvalue weighted by atomic mass is 10.2. The van der Waals surface area contributed by atoms with E-state index in [-0.39, 0.29) is 6.04 Å². The Labute approximate surface area is 103 Å². The van der Waals surface area contributed by atoms with E-state index in [9.17, 15) is 0 Å². The fourth-order valence-electron chi connectivity index (χ4n) is 1.40. The molecule has 1 unspecified atom stereocenters. The zero-order chi connectivity index (χ0) is 12.0. The summed E-state index contributed by atoms with van der Waals surface area (Å²) in [6.07, 6.45) is 0. The summed E-state index contributed by atoms with van der Waals surface area (Å²) in [5.41, 5.74) is 6.98. The number of benzene rings is 1. The molecule has 0 fully saturated rings. The van der Waals surface area contributed by atoms with Crippen LogP contribution in [0.4, 0.5) is 0 Å². The van der Waals surface area contributed by atoms with E-state index >= 15 is 0 Å². The third-order valence-electron chi connectivity index (χ3n) is 2.09. The molecule has 0 aromatic heterocycles. The van der Waals surface area contributed by atoms with Gasteiger partial charge in [-0.3, -0.25) is 0 Å². The lowest BCUT2D eigenvalue weighted by Gasteiger charge is -2.09. The van der Waals surface area contributed by atoms with Crippen molar-refractivity contribution in [3.63, 3.8) is 0 Å². The predicted octanol–water partition coefficient (Wildman–Crippen LogP) is 2.62. The summed E-state index contributed by atoms with van der Waals surface area (Å²) in [6, 6.07) is 8.95. The summed E-state index contributed by atoms with van der Waals surface area (Å²) in [5.74, 6) is 0. The Kier molecular flexibility index (Phi) is 5.88. The molecule has 0 saturated carbocycles. The van der Waals surface area contributed by atoms with Crippen molar-refractivity contribution in [2.24, 2.45) is 5.73 Å². The van der Waals surface area contributed by atoms with E-state index in [0.29, 0.717) is 5.25 Å². The third kappa shape index (κ3) is 5.54. The van der Waals surface area contributed by atoms with Crippen molar-refractivity contribution in [3.05, 3.63) is 29.8 Å². The molecular formula is C13H22N2S. The highest BCUT2D eigenvalue weighted by Gasteiger charge is 1.99. The largest absolute Gasteiger partial charge is 0.327 e. The SMILES string of the molecule is CC(N)CNCc1ccc(SC(C)C)cc1. The Morgan fingerprint density at radius 1 is 1.19 bits per heavy atom. The van der Waals surface area contributed by atoms with Crippen molar-refractivity contribution in [1.82, 2.24) is 5.32 Å². The predicted molar refractivity (Wildman–Crippen MR) is 72.8 cm³/mol. The Morgan fingerprint density at radius 3 is 2.31 bits per heavy atom. The van der Waals surface area contributed by atoms with Crippen molar-refractivity contribution in [1.29, 1.82) is 0 Å². The molecule has 0 heterocycles. The summed E-state index contributed by atoms with van der Waals surface area (Å²) in [5, 5.41) is 3.97. The second kappa shape index (κ2) is 6.94. The summed E-state index contributed by atoms with van der Waals surface area (Å²) >= 11 is 1.90. The quantitative estimate of drug-likeness (QED) is 0.748. The van der Waals surface area contributed by atoms with Gasteiger partial charge in [-0.25, -0.2) is 0 Å². The van der Waals surface area contributed by atoms with Gasteiger partial charge in [-0.05, 0) is 24.6 Å². The molecule has 1 atom stereocenters. The molecule has 3 N–H and O–H groups in total. The number of nitrogens with two attached hydrogens (primary N) is 1. The van der Waals surface area contributed by atoms with E-state index in [4.69, 9.17) is 5.73 Å². The van der Waals surface area contributed by atoms with Crippen LogP contribution in [0.1, 0.15) is 26.3 Å². The standard InChI is InChI=1S/C13H22N2S/c1-10(2)16-13-6-4-12(5-7-13)9-15-8-11(3)14/h4-7,10-11,15H,8-9,14H2,1-3H3. The zero-order valence-electron chi connectivity index (χ0n) is 10.4. The van der Waals surface area contributed by atoms with Gasteiger partial charge >= 0.3 is 0 Å². The van der Waals surface area contributed by atoms with Crippen LogP contribution in [-0.4, -0.2) is 17.8 Å². The highest BCUT2D eigenvalue weighted by molar-refractivity contribution is 7.99. The summed E-state index contributed by atoms with van der Waals surface area (Å²) in [4.78, 5) is 1.34. The lowest BCUT2D eigenvalue weighted by molar-refractivity contribution is 0.608. The van der Waals surface area contributed by atoms with Crippen molar-refractivity contribution in [3.8, 4) is 0 Å². The van der Waals surface area contributed by atoms with E-state index in [0.717, 1.165) is 13.1 Å². The highest BCUT2D eigenvalue weighted by atomic mass is 32.2. The normalized spacial score (nSPS) is 13.1. The van der Waals surface area contributed by atoms with Gasteiger partial charge in [0.15, 0.2) is 0 Å². The monoisotopic (exact) mass is 238 g/mol. The van der Waals surface area contributed by atoms with Gasteiger partial charge in [0.2, 0.25) is 0 Å². The zero-order valence-corrected chi connectivity index (χ0v) is 11.2. The molecule has 16 heavy (non-hydrogen) atoms. The maximum Gasteiger partial charge on any atom is 0.0206 e.